The van der Waals surface area contributed by atoms with Gasteiger partial charge in [0.05, 0.1) is 6.20 Å². The number of hydrogen-bond acceptors (Lipinski definition) is 4. The Labute approximate surface area is 129 Å². The van der Waals surface area contributed by atoms with Crippen LogP contribution >= 0.6 is 11.3 Å². The first-order valence-electron chi connectivity index (χ1n) is 7.52. The molecule has 0 aliphatic heterocycles. The van der Waals surface area contributed by atoms with Crippen molar-refractivity contribution in [3.63, 3.8) is 0 Å². The largest absolute Gasteiger partial charge is 0.384 e. The molecule has 0 unspecified atom stereocenters. The lowest BCUT2D eigenvalue weighted by atomic mass is 9.99. The molecule has 5 heteroatoms. The van der Waals surface area contributed by atoms with E-state index in [0.29, 0.717) is 6.54 Å². The van der Waals surface area contributed by atoms with Gasteiger partial charge in [0, 0.05) is 41.1 Å². The monoisotopic (exact) mass is 305 g/mol. The van der Waals surface area contributed by atoms with Gasteiger partial charge in [0.15, 0.2) is 0 Å². The van der Waals surface area contributed by atoms with Crippen molar-refractivity contribution < 1.29 is 5.11 Å². The lowest BCUT2D eigenvalue weighted by molar-refractivity contribution is 0.0544. The van der Waals surface area contributed by atoms with Crippen molar-refractivity contribution in [1.82, 2.24) is 15.1 Å². The van der Waals surface area contributed by atoms with E-state index in [0.717, 1.165) is 5.56 Å². The highest BCUT2D eigenvalue weighted by Crippen LogP contribution is 2.33. The van der Waals surface area contributed by atoms with Crippen LogP contribution in [0.3, 0.4) is 0 Å². The zero-order valence-electron chi connectivity index (χ0n) is 12.9. The first-order valence-corrected chi connectivity index (χ1v) is 8.34. The maximum Gasteiger partial charge on any atom is 0.102 e. The number of nitrogens with one attached hydrogen (secondary N) is 1. The number of aliphatic hydroxyl groups is 1. The van der Waals surface area contributed by atoms with Crippen LogP contribution in [0.2, 0.25) is 0 Å². The smallest absolute Gasteiger partial charge is 0.102 e. The summed E-state index contributed by atoms with van der Waals surface area (Å²) >= 11 is 1.92. The minimum Gasteiger partial charge on any atom is -0.384 e. The molecule has 0 amide bonds. The lowest BCUT2D eigenvalue weighted by Gasteiger charge is -2.24. The van der Waals surface area contributed by atoms with Crippen LogP contribution in [0.5, 0.6) is 0 Å². The quantitative estimate of drug-likeness (QED) is 0.892. The summed E-state index contributed by atoms with van der Waals surface area (Å²) in [6.07, 6.45) is 7.36. The van der Waals surface area contributed by atoms with Gasteiger partial charge < -0.3 is 10.4 Å². The molecular weight excluding hydrogens is 282 g/mol. The molecule has 1 aliphatic carbocycles. The topological polar surface area (TPSA) is 50.1 Å². The lowest BCUT2D eigenvalue weighted by Crippen LogP contribution is -2.36. The van der Waals surface area contributed by atoms with Crippen molar-refractivity contribution in [3.05, 3.63) is 39.3 Å². The Kier molecular flexibility index (Phi) is 3.90. The Morgan fingerprint density at radius 1 is 1.52 bits per heavy atom. The van der Waals surface area contributed by atoms with Crippen LogP contribution in [0.25, 0.3) is 0 Å². The zero-order chi connectivity index (χ0) is 15.0. The summed E-state index contributed by atoms with van der Waals surface area (Å²) < 4.78 is 1.72. The summed E-state index contributed by atoms with van der Waals surface area (Å²) in [4.78, 5) is 2.93. The zero-order valence-corrected chi connectivity index (χ0v) is 13.7. The minimum atomic E-state index is -0.900. The van der Waals surface area contributed by atoms with E-state index in [1.165, 1.54) is 29.7 Å². The summed E-state index contributed by atoms with van der Waals surface area (Å²) in [5.41, 5.74) is 1.48. The van der Waals surface area contributed by atoms with Crippen LogP contribution in [-0.2, 0) is 25.5 Å². The fourth-order valence-corrected chi connectivity index (χ4v) is 4.10. The van der Waals surface area contributed by atoms with E-state index in [-0.39, 0.29) is 6.04 Å². The molecule has 2 aromatic heterocycles. The molecule has 0 bridgehead atoms. The average molecular weight is 305 g/mol. The van der Waals surface area contributed by atoms with Crippen molar-refractivity contribution >= 4 is 11.3 Å². The Hall–Kier alpha value is -1.17. The molecule has 3 rings (SSSR count). The van der Waals surface area contributed by atoms with Crippen molar-refractivity contribution in [1.29, 1.82) is 0 Å². The SMILES string of the molecule is C[C@H](NC[C@@](C)(O)c1cnn(C)c1)c1cc2c(s1)CCC2. The van der Waals surface area contributed by atoms with Gasteiger partial charge in [0.2, 0.25) is 0 Å². The van der Waals surface area contributed by atoms with Gasteiger partial charge in [-0.05, 0) is 44.7 Å². The number of thiophene rings is 1. The first kappa shape index (κ1) is 14.8. The predicted molar refractivity (Wildman–Crippen MR) is 85.5 cm³/mol. The fourth-order valence-electron chi connectivity index (χ4n) is 2.82. The van der Waals surface area contributed by atoms with E-state index >= 15 is 0 Å². The molecule has 0 spiro atoms. The van der Waals surface area contributed by atoms with E-state index < -0.39 is 5.60 Å². The molecule has 0 fully saturated rings. The third-order valence-corrected chi connectivity index (χ3v) is 5.69. The molecule has 2 atom stereocenters. The normalized spacial score (nSPS) is 18.5. The first-order chi connectivity index (χ1) is 9.95. The van der Waals surface area contributed by atoms with Crippen LogP contribution in [0.4, 0.5) is 0 Å². The minimum absolute atomic E-state index is 0.267. The van der Waals surface area contributed by atoms with Crippen molar-refractivity contribution in [2.45, 2.75) is 44.8 Å². The molecule has 1 aliphatic rings. The van der Waals surface area contributed by atoms with E-state index in [2.05, 4.69) is 23.4 Å². The molecule has 2 heterocycles. The van der Waals surface area contributed by atoms with E-state index in [9.17, 15) is 5.11 Å². The van der Waals surface area contributed by atoms with Gasteiger partial charge in [0.1, 0.15) is 5.60 Å². The summed E-state index contributed by atoms with van der Waals surface area (Å²) in [6.45, 7) is 4.51. The van der Waals surface area contributed by atoms with E-state index in [4.69, 9.17) is 0 Å². The second kappa shape index (κ2) is 5.55. The van der Waals surface area contributed by atoms with Crippen LogP contribution in [0.15, 0.2) is 18.5 Å². The summed E-state index contributed by atoms with van der Waals surface area (Å²) in [5, 5.41) is 18.2. The molecule has 2 N–H and O–H groups in total. The Morgan fingerprint density at radius 3 is 3.00 bits per heavy atom. The van der Waals surface area contributed by atoms with Gasteiger partial charge in [-0.15, -0.1) is 11.3 Å². The number of aryl methyl sites for hydroxylation is 3. The Bertz CT molecular complexity index is 608. The third kappa shape index (κ3) is 3.05. The average Bonchev–Trinajstić information content (AvgIpc) is 3.10. The van der Waals surface area contributed by atoms with Crippen LogP contribution < -0.4 is 5.32 Å². The van der Waals surface area contributed by atoms with E-state index in [1.54, 1.807) is 15.8 Å². The molecule has 2 aromatic rings. The maximum absolute atomic E-state index is 10.6. The molecule has 21 heavy (non-hydrogen) atoms. The van der Waals surface area contributed by atoms with Gasteiger partial charge in [-0.3, -0.25) is 4.68 Å². The van der Waals surface area contributed by atoms with Crippen LogP contribution in [0, 0.1) is 0 Å². The number of aromatic nitrogens is 2. The standard InChI is InChI=1S/C16H23N3OS/c1-11(15-7-12-5-4-6-14(12)21-15)17-10-16(2,20)13-8-18-19(3)9-13/h7-9,11,17,20H,4-6,10H2,1-3H3/t11-,16+/m0/s1. The molecular formula is C16H23N3OS. The summed E-state index contributed by atoms with van der Waals surface area (Å²) in [6, 6.07) is 2.60. The number of hydrogen-bond donors (Lipinski definition) is 2. The third-order valence-electron chi connectivity index (χ3n) is 4.27. The second-order valence-corrected chi connectivity index (χ2v) is 7.40. The van der Waals surface area contributed by atoms with Crippen molar-refractivity contribution in [2.24, 2.45) is 7.05 Å². The van der Waals surface area contributed by atoms with Crippen molar-refractivity contribution in [3.8, 4) is 0 Å². The van der Waals surface area contributed by atoms with Crippen LogP contribution in [-0.4, -0.2) is 21.4 Å². The van der Waals surface area contributed by atoms with Gasteiger partial charge in [-0.25, -0.2) is 0 Å². The van der Waals surface area contributed by atoms with Crippen LogP contribution in [0.1, 0.15) is 47.2 Å². The maximum atomic E-state index is 10.6. The van der Waals surface area contributed by atoms with Crippen molar-refractivity contribution in [2.75, 3.05) is 6.54 Å². The second-order valence-electron chi connectivity index (χ2n) is 6.23. The van der Waals surface area contributed by atoms with E-state index in [1.807, 2.05) is 31.5 Å². The molecule has 0 saturated carbocycles. The molecule has 0 radical (unpaired) electrons. The highest BCUT2D eigenvalue weighted by Gasteiger charge is 2.26. The van der Waals surface area contributed by atoms with Gasteiger partial charge in [-0.1, -0.05) is 0 Å². The number of fused-ring (bicyclic) bond motifs is 1. The molecule has 114 valence electrons. The molecule has 4 nitrogen and oxygen atoms in total. The Balaban J connectivity index is 1.63. The predicted octanol–water partition coefficient (Wildman–Crippen LogP) is 2.53. The molecule has 0 saturated heterocycles. The number of nitrogens with zero attached hydrogens (tertiary/aromatic N) is 2. The molecule has 0 aromatic carbocycles. The van der Waals surface area contributed by atoms with Gasteiger partial charge >= 0.3 is 0 Å². The van der Waals surface area contributed by atoms with Gasteiger partial charge in [0.25, 0.3) is 0 Å². The summed E-state index contributed by atoms with van der Waals surface area (Å²) in [7, 11) is 1.86. The Morgan fingerprint density at radius 2 is 2.33 bits per heavy atom. The fraction of sp³-hybridized carbons (Fsp3) is 0.562. The number of rotatable bonds is 5. The highest BCUT2D eigenvalue weighted by molar-refractivity contribution is 7.12. The summed E-state index contributed by atoms with van der Waals surface area (Å²) in [5.74, 6) is 0. The van der Waals surface area contributed by atoms with Gasteiger partial charge in [-0.2, -0.15) is 5.10 Å². The highest BCUT2D eigenvalue weighted by atomic mass is 32.1.